The van der Waals surface area contributed by atoms with E-state index in [4.69, 9.17) is 0 Å². The standard InChI is InChI=1S/C17H16BrF2NO2/c1-11(13-3-2-4-15(10-13)23-17(19)20)21-16(22)9-12-5-7-14(18)8-6-12/h2-8,10-11,17H,9H2,1H3,(H,21,22)/t11-/m1/s1. The Morgan fingerprint density at radius 3 is 2.57 bits per heavy atom. The second-order valence-electron chi connectivity index (χ2n) is 5.04. The van der Waals surface area contributed by atoms with Crippen molar-refractivity contribution in [3.8, 4) is 5.75 Å². The number of carbonyl (C=O) groups excluding carboxylic acids is 1. The predicted molar refractivity (Wildman–Crippen MR) is 87.5 cm³/mol. The smallest absolute Gasteiger partial charge is 0.387 e. The van der Waals surface area contributed by atoms with Gasteiger partial charge in [-0.15, -0.1) is 0 Å². The second-order valence-corrected chi connectivity index (χ2v) is 5.96. The van der Waals surface area contributed by atoms with Crippen LogP contribution in [0.4, 0.5) is 8.78 Å². The lowest BCUT2D eigenvalue weighted by Crippen LogP contribution is -2.28. The van der Waals surface area contributed by atoms with Crippen molar-refractivity contribution in [2.45, 2.75) is 26.0 Å². The number of benzene rings is 2. The number of carbonyl (C=O) groups is 1. The lowest BCUT2D eigenvalue weighted by molar-refractivity contribution is -0.121. The molecule has 0 aliphatic heterocycles. The summed E-state index contributed by atoms with van der Waals surface area (Å²) >= 11 is 3.34. The van der Waals surface area contributed by atoms with E-state index in [-0.39, 0.29) is 24.1 Å². The molecule has 122 valence electrons. The van der Waals surface area contributed by atoms with Crippen LogP contribution in [0.1, 0.15) is 24.1 Å². The molecule has 0 unspecified atom stereocenters. The molecule has 0 radical (unpaired) electrons. The molecular formula is C17H16BrF2NO2. The first-order valence-electron chi connectivity index (χ1n) is 7.02. The van der Waals surface area contributed by atoms with E-state index in [2.05, 4.69) is 26.0 Å². The Balaban J connectivity index is 1.96. The number of hydrogen-bond donors (Lipinski definition) is 1. The molecule has 0 saturated carbocycles. The number of halogens is 3. The van der Waals surface area contributed by atoms with Crippen LogP contribution in [0.5, 0.6) is 5.75 Å². The first kappa shape index (κ1) is 17.4. The zero-order valence-electron chi connectivity index (χ0n) is 12.4. The van der Waals surface area contributed by atoms with Crippen LogP contribution < -0.4 is 10.1 Å². The van der Waals surface area contributed by atoms with Crippen molar-refractivity contribution >= 4 is 21.8 Å². The van der Waals surface area contributed by atoms with Crippen LogP contribution in [0.25, 0.3) is 0 Å². The van der Waals surface area contributed by atoms with Crippen molar-refractivity contribution in [3.05, 3.63) is 64.1 Å². The average Bonchev–Trinajstić information content (AvgIpc) is 2.49. The molecule has 0 bridgehead atoms. The molecule has 2 rings (SSSR count). The van der Waals surface area contributed by atoms with Gasteiger partial charge in [0.25, 0.3) is 0 Å². The molecule has 0 spiro atoms. The fraction of sp³-hybridized carbons (Fsp3) is 0.235. The average molecular weight is 384 g/mol. The fourth-order valence-electron chi connectivity index (χ4n) is 2.12. The van der Waals surface area contributed by atoms with Crippen molar-refractivity contribution in [1.82, 2.24) is 5.32 Å². The number of hydrogen-bond acceptors (Lipinski definition) is 2. The highest BCUT2D eigenvalue weighted by Gasteiger charge is 2.12. The van der Waals surface area contributed by atoms with E-state index in [1.807, 2.05) is 24.3 Å². The summed E-state index contributed by atoms with van der Waals surface area (Å²) in [6, 6.07) is 13.5. The summed E-state index contributed by atoms with van der Waals surface area (Å²) in [5.41, 5.74) is 1.60. The van der Waals surface area contributed by atoms with Gasteiger partial charge in [0.2, 0.25) is 5.91 Å². The van der Waals surface area contributed by atoms with E-state index in [1.165, 1.54) is 12.1 Å². The van der Waals surface area contributed by atoms with Crippen LogP contribution in [0.15, 0.2) is 53.0 Å². The number of amides is 1. The summed E-state index contributed by atoms with van der Waals surface area (Å²) in [5.74, 6) is -0.0634. The van der Waals surface area contributed by atoms with Gasteiger partial charge in [-0.1, -0.05) is 40.2 Å². The zero-order valence-corrected chi connectivity index (χ0v) is 14.0. The SMILES string of the molecule is C[C@@H](NC(=O)Cc1ccc(Br)cc1)c1cccc(OC(F)F)c1. The van der Waals surface area contributed by atoms with E-state index >= 15 is 0 Å². The van der Waals surface area contributed by atoms with Gasteiger partial charge >= 0.3 is 6.61 Å². The summed E-state index contributed by atoms with van der Waals surface area (Å²) in [7, 11) is 0. The minimum atomic E-state index is -2.87. The number of nitrogens with one attached hydrogen (secondary N) is 1. The third-order valence-corrected chi connectivity index (χ3v) is 3.77. The van der Waals surface area contributed by atoms with Crippen LogP contribution in [-0.2, 0) is 11.2 Å². The summed E-state index contributed by atoms with van der Waals surface area (Å²) < 4.78 is 29.8. The van der Waals surface area contributed by atoms with Crippen LogP contribution >= 0.6 is 15.9 Å². The Labute approximate surface area is 141 Å². The number of ether oxygens (including phenoxy) is 1. The Morgan fingerprint density at radius 1 is 1.22 bits per heavy atom. The summed E-state index contributed by atoms with van der Waals surface area (Å²) in [4.78, 5) is 12.1. The Bertz CT molecular complexity index is 662. The van der Waals surface area contributed by atoms with Crippen molar-refractivity contribution in [3.63, 3.8) is 0 Å². The molecule has 0 aliphatic carbocycles. The molecule has 0 heterocycles. The molecular weight excluding hydrogens is 368 g/mol. The maximum Gasteiger partial charge on any atom is 0.387 e. The molecule has 0 saturated heterocycles. The van der Waals surface area contributed by atoms with Gasteiger partial charge in [-0.3, -0.25) is 4.79 Å². The van der Waals surface area contributed by atoms with Crippen LogP contribution in [0, 0.1) is 0 Å². The summed E-state index contributed by atoms with van der Waals surface area (Å²) in [6.45, 7) is -1.08. The van der Waals surface area contributed by atoms with Crippen molar-refractivity contribution in [2.24, 2.45) is 0 Å². The highest BCUT2D eigenvalue weighted by atomic mass is 79.9. The first-order valence-corrected chi connectivity index (χ1v) is 7.82. The van der Waals surface area contributed by atoms with Gasteiger partial charge in [0.1, 0.15) is 5.75 Å². The highest BCUT2D eigenvalue weighted by molar-refractivity contribution is 9.10. The topological polar surface area (TPSA) is 38.3 Å². The van der Waals surface area contributed by atoms with Gasteiger partial charge < -0.3 is 10.1 Å². The normalized spacial score (nSPS) is 12.0. The van der Waals surface area contributed by atoms with E-state index in [1.54, 1.807) is 19.1 Å². The zero-order chi connectivity index (χ0) is 16.8. The fourth-order valence-corrected chi connectivity index (χ4v) is 2.39. The quantitative estimate of drug-likeness (QED) is 0.798. The largest absolute Gasteiger partial charge is 0.435 e. The minimum Gasteiger partial charge on any atom is -0.435 e. The van der Waals surface area contributed by atoms with E-state index < -0.39 is 6.61 Å². The number of alkyl halides is 2. The molecule has 23 heavy (non-hydrogen) atoms. The van der Waals surface area contributed by atoms with Gasteiger partial charge in [-0.25, -0.2) is 0 Å². The molecule has 3 nitrogen and oxygen atoms in total. The van der Waals surface area contributed by atoms with Crippen molar-refractivity contribution in [2.75, 3.05) is 0 Å². The van der Waals surface area contributed by atoms with Crippen molar-refractivity contribution < 1.29 is 18.3 Å². The molecule has 1 atom stereocenters. The van der Waals surface area contributed by atoms with E-state index in [9.17, 15) is 13.6 Å². The maximum atomic E-state index is 12.2. The Kier molecular flexibility index (Phi) is 6.10. The Morgan fingerprint density at radius 2 is 1.91 bits per heavy atom. The molecule has 1 amide bonds. The van der Waals surface area contributed by atoms with Gasteiger partial charge in [-0.05, 0) is 42.3 Å². The van der Waals surface area contributed by atoms with E-state index in [0.717, 1.165) is 10.0 Å². The molecule has 2 aromatic rings. The molecule has 1 N–H and O–H groups in total. The van der Waals surface area contributed by atoms with E-state index in [0.29, 0.717) is 5.56 Å². The predicted octanol–water partition coefficient (Wildman–Crippen LogP) is 4.47. The molecule has 0 fully saturated rings. The third-order valence-electron chi connectivity index (χ3n) is 3.24. The lowest BCUT2D eigenvalue weighted by atomic mass is 10.1. The van der Waals surface area contributed by atoms with Gasteiger partial charge in [0.05, 0.1) is 12.5 Å². The van der Waals surface area contributed by atoms with Crippen LogP contribution in [0.3, 0.4) is 0 Å². The maximum absolute atomic E-state index is 12.2. The Hall–Kier alpha value is -1.95. The molecule has 0 aromatic heterocycles. The highest BCUT2D eigenvalue weighted by Crippen LogP contribution is 2.21. The first-order chi connectivity index (χ1) is 10.9. The lowest BCUT2D eigenvalue weighted by Gasteiger charge is -2.15. The van der Waals surface area contributed by atoms with Crippen LogP contribution in [0.2, 0.25) is 0 Å². The summed E-state index contributed by atoms with van der Waals surface area (Å²) in [5, 5.41) is 2.85. The molecule has 6 heteroatoms. The van der Waals surface area contributed by atoms with Gasteiger partial charge in [0.15, 0.2) is 0 Å². The monoisotopic (exact) mass is 383 g/mol. The second kappa shape index (κ2) is 8.06. The van der Waals surface area contributed by atoms with Gasteiger partial charge in [-0.2, -0.15) is 8.78 Å². The third kappa shape index (κ3) is 5.63. The van der Waals surface area contributed by atoms with Crippen LogP contribution in [-0.4, -0.2) is 12.5 Å². The number of rotatable bonds is 6. The minimum absolute atomic E-state index is 0.0755. The summed E-state index contributed by atoms with van der Waals surface area (Å²) in [6.07, 6.45) is 0.255. The molecule has 0 aliphatic rings. The molecule has 2 aromatic carbocycles. The van der Waals surface area contributed by atoms with Crippen molar-refractivity contribution in [1.29, 1.82) is 0 Å². The van der Waals surface area contributed by atoms with Gasteiger partial charge in [0, 0.05) is 4.47 Å².